The van der Waals surface area contributed by atoms with Crippen molar-refractivity contribution in [1.29, 1.82) is 0 Å². The first-order chi connectivity index (χ1) is 17.1. The van der Waals surface area contributed by atoms with Gasteiger partial charge in [0.15, 0.2) is 0 Å². The highest BCUT2D eigenvalue weighted by Crippen LogP contribution is 2.33. The maximum absolute atomic E-state index is 13.1. The largest absolute Gasteiger partial charge is 0.478 e. The van der Waals surface area contributed by atoms with Crippen molar-refractivity contribution < 1.29 is 9.90 Å². The van der Waals surface area contributed by atoms with E-state index in [0.717, 1.165) is 27.3 Å². The summed E-state index contributed by atoms with van der Waals surface area (Å²) in [6, 6.07) is 18.7. The van der Waals surface area contributed by atoms with E-state index in [1.807, 2.05) is 46.6 Å². The molecule has 1 N–H and O–H groups in total. The highest BCUT2D eigenvalue weighted by molar-refractivity contribution is 7.13. The Kier molecular flexibility index (Phi) is 5.15. The van der Waals surface area contributed by atoms with Crippen molar-refractivity contribution in [2.75, 3.05) is 0 Å². The Morgan fingerprint density at radius 2 is 1.97 bits per heavy atom. The lowest BCUT2D eigenvalue weighted by molar-refractivity contribution is 0.0697. The van der Waals surface area contributed by atoms with Crippen molar-refractivity contribution in [2.24, 2.45) is 0 Å². The Morgan fingerprint density at radius 3 is 2.74 bits per heavy atom. The van der Waals surface area contributed by atoms with Gasteiger partial charge in [0.25, 0.3) is 5.56 Å². The van der Waals surface area contributed by atoms with Crippen LogP contribution in [0.5, 0.6) is 0 Å². The second kappa shape index (κ2) is 8.48. The monoisotopic (exact) mass is 480 g/mol. The van der Waals surface area contributed by atoms with E-state index >= 15 is 0 Å². The van der Waals surface area contributed by atoms with Crippen molar-refractivity contribution >= 4 is 39.9 Å². The summed E-state index contributed by atoms with van der Waals surface area (Å²) in [5.74, 6) is -0.463. The first kappa shape index (κ1) is 21.2. The lowest BCUT2D eigenvalue weighted by Gasteiger charge is -2.06. The Balaban J connectivity index is 1.46. The summed E-state index contributed by atoms with van der Waals surface area (Å²) < 4.78 is 3.61. The number of aromatic nitrogens is 4. The molecule has 0 saturated heterocycles. The highest BCUT2D eigenvalue weighted by atomic mass is 32.1. The number of carboxylic acids is 1. The predicted molar refractivity (Wildman–Crippen MR) is 137 cm³/mol. The summed E-state index contributed by atoms with van der Waals surface area (Å²) in [6.07, 6.45) is 4.75. The number of carbonyl (C=O) groups is 1. The van der Waals surface area contributed by atoms with E-state index in [2.05, 4.69) is 18.2 Å². The Bertz CT molecular complexity index is 1660. The molecule has 35 heavy (non-hydrogen) atoms. The van der Waals surface area contributed by atoms with Gasteiger partial charge in [-0.25, -0.2) is 9.78 Å². The highest BCUT2D eigenvalue weighted by Gasteiger charge is 2.23. The third kappa shape index (κ3) is 3.87. The summed E-state index contributed by atoms with van der Waals surface area (Å²) >= 11 is 1.63. The van der Waals surface area contributed by atoms with Gasteiger partial charge in [-0.2, -0.15) is 5.10 Å². The topological polar surface area (TPSA) is 90.0 Å². The Labute approximate surface area is 204 Å². The molecule has 0 radical (unpaired) electrons. The van der Waals surface area contributed by atoms with Crippen LogP contribution in [0.1, 0.15) is 33.7 Å². The average Bonchev–Trinajstić information content (AvgIpc) is 3.61. The summed E-state index contributed by atoms with van der Waals surface area (Å²) in [7, 11) is 0. The minimum absolute atomic E-state index is 0.111. The van der Waals surface area contributed by atoms with E-state index in [0.29, 0.717) is 36.2 Å². The van der Waals surface area contributed by atoms with Gasteiger partial charge >= 0.3 is 5.97 Å². The number of carboxylic acid groups (broad SMARTS) is 1. The maximum atomic E-state index is 13.1. The zero-order chi connectivity index (χ0) is 23.9. The van der Waals surface area contributed by atoms with Gasteiger partial charge in [-0.1, -0.05) is 36.4 Å². The van der Waals surface area contributed by atoms with E-state index in [1.165, 1.54) is 12.1 Å². The van der Waals surface area contributed by atoms with Crippen LogP contribution >= 0.6 is 11.3 Å². The Hall–Kier alpha value is -4.30. The molecule has 2 aromatic carbocycles. The molecule has 172 valence electrons. The van der Waals surface area contributed by atoms with Crippen LogP contribution in [0.4, 0.5) is 0 Å². The van der Waals surface area contributed by atoms with E-state index in [-0.39, 0.29) is 11.1 Å². The first-order valence-electron chi connectivity index (χ1n) is 11.2. The third-order valence-corrected chi connectivity index (χ3v) is 7.03. The molecule has 0 bridgehead atoms. The van der Waals surface area contributed by atoms with E-state index < -0.39 is 5.97 Å². The average molecular weight is 481 g/mol. The summed E-state index contributed by atoms with van der Waals surface area (Å²) in [5, 5.41) is 16.7. The van der Waals surface area contributed by atoms with Crippen LogP contribution in [0.25, 0.3) is 33.1 Å². The molecule has 5 aromatic rings. The van der Waals surface area contributed by atoms with Crippen LogP contribution in [0.2, 0.25) is 0 Å². The number of fused-ring (bicyclic) bond motifs is 2. The smallest absolute Gasteiger partial charge is 0.335 e. The molecule has 0 aliphatic carbocycles. The van der Waals surface area contributed by atoms with Crippen molar-refractivity contribution in [2.45, 2.75) is 19.5 Å². The van der Waals surface area contributed by atoms with Crippen LogP contribution in [0, 0.1) is 0 Å². The maximum Gasteiger partial charge on any atom is 0.335 e. The van der Waals surface area contributed by atoms with Crippen molar-refractivity contribution in [1.82, 2.24) is 19.3 Å². The molecule has 0 fully saturated rings. The van der Waals surface area contributed by atoms with E-state index in [9.17, 15) is 14.7 Å². The van der Waals surface area contributed by atoms with Gasteiger partial charge in [-0.3, -0.25) is 14.0 Å². The van der Waals surface area contributed by atoms with Crippen LogP contribution in [0.15, 0.2) is 77.0 Å². The molecule has 8 heteroatoms. The molecule has 0 saturated carbocycles. The van der Waals surface area contributed by atoms with Gasteiger partial charge in [0.1, 0.15) is 11.5 Å². The molecular weight excluding hydrogens is 460 g/mol. The van der Waals surface area contributed by atoms with Crippen molar-refractivity contribution in [3.63, 3.8) is 0 Å². The fourth-order valence-corrected chi connectivity index (χ4v) is 5.21. The lowest BCUT2D eigenvalue weighted by atomic mass is 10.1. The molecule has 6 rings (SSSR count). The second-order valence-electron chi connectivity index (χ2n) is 8.44. The molecule has 4 heterocycles. The lowest BCUT2D eigenvalue weighted by Crippen LogP contribution is -2.21. The quantitative estimate of drug-likeness (QED) is 0.382. The van der Waals surface area contributed by atoms with Gasteiger partial charge in [0.2, 0.25) is 0 Å². The van der Waals surface area contributed by atoms with E-state index in [1.54, 1.807) is 22.0 Å². The fraction of sp³-hybridized carbons (Fsp3) is 0.111. The summed E-state index contributed by atoms with van der Waals surface area (Å²) in [4.78, 5) is 30.3. The van der Waals surface area contributed by atoms with Crippen LogP contribution in [0.3, 0.4) is 0 Å². The molecule has 0 spiro atoms. The minimum Gasteiger partial charge on any atom is -0.478 e. The SMILES string of the molecule is O=C(O)c1ccc2c(=O)n3c(nc2c1)/C(=C/c1cn(Cc2ccccc2)nc1-c1cccs1)CC3. The number of thiophene rings is 1. The molecule has 0 atom stereocenters. The van der Waals surface area contributed by atoms with Gasteiger partial charge in [-0.05, 0) is 53.3 Å². The number of nitrogens with zero attached hydrogens (tertiary/aromatic N) is 4. The number of benzene rings is 2. The predicted octanol–water partition coefficient (Wildman–Crippen LogP) is 5.01. The Morgan fingerprint density at radius 1 is 1.11 bits per heavy atom. The molecule has 1 aliphatic heterocycles. The molecule has 7 nitrogen and oxygen atoms in total. The van der Waals surface area contributed by atoms with Crippen LogP contribution in [-0.4, -0.2) is 30.4 Å². The van der Waals surface area contributed by atoms with Gasteiger partial charge in [0.05, 0.1) is 27.9 Å². The molecule has 1 aliphatic rings. The number of rotatable bonds is 5. The molecule has 3 aromatic heterocycles. The molecule has 0 amide bonds. The van der Waals surface area contributed by atoms with Crippen LogP contribution in [-0.2, 0) is 13.1 Å². The summed E-state index contributed by atoms with van der Waals surface area (Å²) in [5.41, 5.74) is 4.29. The second-order valence-corrected chi connectivity index (χ2v) is 9.39. The van der Waals surface area contributed by atoms with Crippen molar-refractivity contribution in [3.8, 4) is 10.6 Å². The molecular formula is C27H20N4O3S. The number of allylic oxidation sites excluding steroid dienone is 1. The van der Waals surface area contributed by atoms with Crippen molar-refractivity contribution in [3.05, 3.63) is 105 Å². The zero-order valence-corrected chi connectivity index (χ0v) is 19.4. The number of aromatic carboxylic acids is 1. The first-order valence-corrected chi connectivity index (χ1v) is 12.1. The fourth-order valence-electron chi connectivity index (χ4n) is 4.47. The minimum atomic E-state index is -1.04. The van der Waals surface area contributed by atoms with Gasteiger partial charge < -0.3 is 5.11 Å². The van der Waals surface area contributed by atoms with Gasteiger partial charge in [-0.15, -0.1) is 11.3 Å². The third-order valence-electron chi connectivity index (χ3n) is 6.16. The standard InChI is InChI=1S/C27H20N4O3S/c32-26-21-9-8-19(27(33)34)14-22(21)28-25-18(10-11-31(25)26)13-20-16-30(15-17-5-2-1-3-6-17)29-24(20)23-7-4-12-35-23/h1-9,12-14,16H,10-11,15H2,(H,33,34)/b18-13+. The van der Waals surface area contributed by atoms with Gasteiger partial charge in [0, 0.05) is 18.3 Å². The van der Waals surface area contributed by atoms with E-state index in [4.69, 9.17) is 10.1 Å². The number of hydrogen-bond donors (Lipinski definition) is 1. The number of hydrogen-bond acceptors (Lipinski definition) is 5. The zero-order valence-electron chi connectivity index (χ0n) is 18.6. The normalized spacial score (nSPS) is 14.0. The summed E-state index contributed by atoms with van der Waals surface area (Å²) in [6.45, 7) is 1.19. The van der Waals surface area contributed by atoms with Crippen LogP contribution < -0.4 is 5.56 Å². The molecule has 0 unspecified atom stereocenters.